The Kier molecular flexibility index (Phi) is 6.67. The largest absolute Gasteiger partial charge is 0.462 e. The normalized spacial score (nSPS) is 13.9. The summed E-state index contributed by atoms with van der Waals surface area (Å²) < 4.78 is 76.7. The molecule has 1 N–H and O–H groups in total. The first-order valence-electron chi connectivity index (χ1n) is 9.02. The van der Waals surface area contributed by atoms with E-state index in [1.165, 1.54) is 52.0 Å². The minimum absolute atomic E-state index is 0.00602. The van der Waals surface area contributed by atoms with Gasteiger partial charge in [0.25, 0.3) is 0 Å². The van der Waals surface area contributed by atoms with Crippen LogP contribution >= 0.6 is 0 Å². The summed E-state index contributed by atoms with van der Waals surface area (Å²) in [7, 11) is -4.40. The molecule has 1 atom stereocenters. The van der Waals surface area contributed by atoms with Gasteiger partial charge in [-0.1, -0.05) is 23.4 Å². The zero-order valence-corrected chi connectivity index (χ0v) is 17.9. The molecule has 0 saturated carbocycles. The lowest BCUT2D eigenvalue weighted by Crippen LogP contribution is -2.45. The molecular formula is C19H23F3N2O5S. The van der Waals surface area contributed by atoms with Crippen LogP contribution in [0.5, 0.6) is 0 Å². The molecule has 0 unspecified atom stereocenters. The van der Waals surface area contributed by atoms with Crippen LogP contribution in [0.4, 0.5) is 13.2 Å². The quantitative estimate of drug-likeness (QED) is 0.667. The van der Waals surface area contributed by atoms with Gasteiger partial charge < -0.3 is 9.26 Å². The lowest BCUT2D eigenvalue weighted by atomic mass is 9.96. The number of aromatic nitrogens is 1. The minimum Gasteiger partial charge on any atom is -0.462 e. The number of ether oxygens (including phenoxy) is 1. The van der Waals surface area contributed by atoms with Crippen molar-refractivity contribution in [1.82, 2.24) is 9.88 Å². The van der Waals surface area contributed by atoms with Crippen molar-refractivity contribution in [2.75, 3.05) is 6.61 Å². The van der Waals surface area contributed by atoms with Gasteiger partial charge in [-0.2, -0.15) is 17.9 Å². The molecule has 2 aromatic rings. The Morgan fingerprint density at radius 2 is 1.83 bits per heavy atom. The first kappa shape index (κ1) is 23.9. The lowest BCUT2D eigenvalue weighted by molar-refractivity contribution is -0.157. The summed E-state index contributed by atoms with van der Waals surface area (Å²) in [6.45, 7) is 6.87. The number of hydrogen-bond donors (Lipinski definition) is 1. The molecule has 11 heteroatoms. The summed E-state index contributed by atoms with van der Waals surface area (Å²) >= 11 is 0. The van der Waals surface area contributed by atoms with Gasteiger partial charge in [-0.25, -0.2) is 13.2 Å². The van der Waals surface area contributed by atoms with Crippen molar-refractivity contribution in [2.24, 2.45) is 0 Å². The molecule has 7 nitrogen and oxygen atoms in total. The molecule has 0 aliphatic heterocycles. The van der Waals surface area contributed by atoms with Crippen LogP contribution in [-0.2, 0) is 14.8 Å². The SMILES string of the molecule is CCOC(=O)c1ccccc1-c1c(C)noc1[C@H](NS(=O)(=O)C(C)(C)C)C(F)(F)F. The molecule has 0 aliphatic rings. The number of carbonyl (C=O) groups is 1. The maximum Gasteiger partial charge on any atom is 0.412 e. The third kappa shape index (κ3) is 4.84. The van der Waals surface area contributed by atoms with Crippen LogP contribution < -0.4 is 4.72 Å². The number of halogens is 3. The predicted molar refractivity (Wildman–Crippen MR) is 103 cm³/mol. The van der Waals surface area contributed by atoms with Gasteiger partial charge in [-0.05, 0) is 40.7 Å². The van der Waals surface area contributed by atoms with Gasteiger partial charge in [-0.15, -0.1) is 0 Å². The summed E-state index contributed by atoms with van der Waals surface area (Å²) in [5.41, 5.74) is 0.0314. The molecule has 0 radical (unpaired) electrons. The topological polar surface area (TPSA) is 98.5 Å². The Hall–Kier alpha value is -2.40. The molecule has 2 rings (SSSR count). The second-order valence-electron chi connectivity index (χ2n) is 7.48. The van der Waals surface area contributed by atoms with E-state index in [-0.39, 0.29) is 29.0 Å². The Bertz CT molecular complexity index is 1020. The van der Waals surface area contributed by atoms with Gasteiger partial charge in [0, 0.05) is 5.56 Å². The fourth-order valence-corrected chi connectivity index (χ4v) is 3.51. The van der Waals surface area contributed by atoms with Crippen molar-refractivity contribution in [3.63, 3.8) is 0 Å². The smallest absolute Gasteiger partial charge is 0.412 e. The number of carbonyl (C=O) groups excluding carboxylic acids is 1. The van der Waals surface area contributed by atoms with Gasteiger partial charge in [-0.3, -0.25) is 0 Å². The molecule has 1 heterocycles. The Morgan fingerprint density at radius 1 is 1.23 bits per heavy atom. The number of nitrogens with zero attached hydrogens (tertiary/aromatic N) is 1. The van der Waals surface area contributed by atoms with E-state index in [4.69, 9.17) is 9.26 Å². The first-order valence-corrected chi connectivity index (χ1v) is 10.5. The van der Waals surface area contributed by atoms with Crippen molar-refractivity contribution >= 4 is 16.0 Å². The first-order chi connectivity index (χ1) is 13.7. The summed E-state index contributed by atoms with van der Waals surface area (Å²) in [4.78, 5) is 12.3. The Morgan fingerprint density at radius 3 is 2.37 bits per heavy atom. The van der Waals surface area contributed by atoms with E-state index in [0.29, 0.717) is 0 Å². The fraction of sp³-hybridized carbons (Fsp3) is 0.474. The van der Waals surface area contributed by atoms with Crippen molar-refractivity contribution < 1.29 is 35.6 Å². The van der Waals surface area contributed by atoms with Crippen LogP contribution in [-0.4, -0.2) is 37.1 Å². The molecule has 0 amide bonds. The van der Waals surface area contributed by atoms with Gasteiger partial charge in [0.15, 0.2) is 11.8 Å². The Balaban J connectivity index is 2.70. The average Bonchev–Trinajstić information content (AvgIpc) is 2.99. The lowest BCUT2D eigenvalue weighted by Gasteiger charge is -2.26. The maximum absolute atomic E-state index is 13.9. The minimum atomic E-state index is -5.03. The number of alkyl halides is 3. The van der Waals surface area contributed by atoms with Gasteiger partial charge in [0.05, 0.1) is 28.2 Å². The number of sulfonamides is 1. The van der Waals surface area contributed by atoms with E-state index in [2.05, 4.69) is 5.16 Å². The fourth-order valence-electron chi connectivity index (χ4n) is 2.60. The number of hydrogen-bond acceptors (Lipinski definition) is 6. The third-order valence-electron chi connectivity index (χ3n) is 4.25. The van der Waals surface area contributed by atoms with Crippen molar-refractivity contribution in [2.45, 2.75) is 51.6 Å². The highest BCUT2D eigenvalue weighted by Crippen LogP contribution is 2.41. The molecule has 0 spiro atoms. The van der Waals surface area contributed by atoms with Crippen molar-refractivity contribution in [3.05, 3.63) is 41.3 Å². The highest BCUT2D eigenvalue weighted by molar-refractivity contribution is 7.90. The van der Waals surface area contributed by atoms with E-state index < -0.39 is 38.7 Å². The monoisotopic (exact) mass is 448 g/mol. The van der Waals surface area contributed by atoms with Crippen LogP contribution in [0.1, 0.15) is 55.5 Å². The zero-order chi connectivity index (χ0) is 22.9. The molecule has 166 valence electrons. The summed E-state index contributed by atoms with van der Waals surface area (Å²) in [6, 6.07) is 3.16. The molecule has 0 bridgehead atoms. The highest BCUT2D eigenvalue weighted by Gasteiger charge is 2.49. The van der Waals surface area contributed by atoms with Crippen molar-refractivity contribution in [3.8, 4) is 11.1 Å². The average molecular weight is 448 g/mol. The summed E-state index contributed by atoms with van der Waals surface area (Å²) in [5, 5.41) is 3.60. The second kappa shape index (κ2) is 8.38. The zero-order valence-electron chi connectivity index (χ0n) is 17.1. The molecule has 0 aliphatic carbocycles. The second-order valence-corrected chi connectivity index (χ2v) is 9.95. The van der Waals surface area contributed by atoms with Gasteiger partial charge in [0.1, 0.15) is 0 Å². The van der Waals surface area contributed by atoms with E-state index in [1.807, 2.05) is 0 Å². The Labute approximate surface area is 172 Å². The summed E-state index contributed by atoms with van der Waals surface area (Å²) in [6.07, 6.45) is -5.03. The molecule has 0 fully saturated rings. The van der Waals surface area contributed by atoms with E-state index >= 15 is 0 Å². The van der Waals surface area contributed by atoms with Crippen LogP contribution in [0.2, 0.25) is 0 Å². The molecule has 30 heavy (non-hydrogen) atoms. The number of aryl methyl sites for hydroxylation is 1. The van der Waals surface area contributed by atoms with E-state index in [9.17, 15) is 26.4 Å². The van der Waals surface area contributed by atoms with Crippen molar-refractivity contribution in [1.29, 1.82) is 0 Å². The standard InChI is InChI=1S/C19H23F3N2O5S/c1-6-28-17(25)13-10-8-7-9-12(13)14-11(2)23-29-15(14)16(19(20,21)22)24-30(26,27)18(3,4)5/h7-10,16,24H,6H2,1-5H3/t16-/m0/s1. The van der Waals surface area contributed by atoms with E-state index in [1.54, 1.807) is 11.6 Å². The van der Waals surface area contributed by atoms with Crippen LogP contribution in [0.3, 0.4) is 0 Å². The van der Waals surface area contributed by atoms with E-state index in [0.717, 1.165) is 0 Å². The van der Waals surface area contributed by atoms with Crippen LogP contribution in [0.25, 0.3) is 11.1 Å². The highest BCUT2D eigenvalue weighted by atomic mass is 32.2. The number of esters is 1. The molecular weight excluding hydrogens is 425 g/mol. The predicted octanol–water partition coefficient (Wildman–Crippen LogP) is 4.15. The number of benzene rings is 1. The third-order valence-corrected chi connectivity index (χ3v) is 6.41. The van der Waals surface area contributed by atoms with Crippen LogP contribution in [0, 0.1) is 6.92 Å². The molecule has 0 saturated heterocycles. The number of rotatable bonds is 6. The number of nitrogens with one attached hydrogen (secondary N) is 1. The summed E-state index contributed by atoms with van der Waals surface area (Å²) in [5.74, 6) is -1.50. The van der Waals surface area contributed by atoms with Gasteiger partial charge >= 0.3 is 12.1 Å². The van der Waals surface area contributed by atoms with Crippen LogP contribution in [0.15, 0.2) is 28.8 Å². The molecule has 1 aromatic heterocycles. The van der Waals surface area contributed by atoms with Gasteiger partial charge in [0.2, 0.25) is 10.0 Å². The maximum atomic E-state index is 13.9. The molecule has 1 aromatic carbocycles.